The maximum atomic E-state index is 11.9. The minimum Gasteiger partial charge on any atom is -0.408 e. The molecule has 8 nitrogen and oxygen atoms in total. The molecule has 0 spiro atoms. The number of hydrogen-bond donors (Lipinski definition) is 2. The molecule has 0 radical (unpaired) electrons. The Morgan fingerprint density at radius 1 is 1.23 bits per heavy atom. The zero-order valence-corrected chi connectivity index (χ0v) is 13.5. The second kappa shape index (κ2) is 8.27. The Bertz CT molecular complexity index is 712. The highest BCUT2D eigenvalue weighted by Gasteiger charge is 2.32. The predicted molar refractivity (Wildman–Crippen MR) is 78.9 cm³/mol. The van der Waals surface area contributed by atoms with Gasteiger partial charge in [-0.05, 0) is 12.5 Å². The van der Waals surface area contributed by atoms with E-state index in [-0.39, 0.29) is 0 Å². The second-order valence-corrected chi connectivity index (χ2v) is 5.41. The number of aryl methyl sites for hydroxylation is 1. The van der Waals surface area contributed by atoms with Gasteiger partial charge in [-0.3, -0.25) is 4.94 Å². The van der Waals surface area contributed by atoms with E-state index in [0.717, 1.165) is 18.2 Å². The fourth-order valence-electron chi connectivity index (χ4n) is 2.12. The summed E-state index contributed by atoms with van der Waals surface area (Å²) in [5.74, 6) is -0.203. The first-order valence-electron chi connectivity index (χ1n) is 7.44. The molecule has 26 heavy (non-hydrogen) atoms. The van der Waals surface area contributed by atoms with Gasteiger partial charge in [-0.1, -0.05) is 11.2 Å². The Kier molecular flexibility index (Phi) is 6.32. The van der Waals surface area contributed by atoms with Crippen LogP contribution < -0.4 is 9.84 Å². The number of β-amino-alcohol motifs (C(OH)–C–C–N with tert-alkyl or cyclic N) is 1. The second-order valence-electron chi connectivity index (χ2n) is 5.41. The molecule has 1 aliphatic rings. The fourth-order valence-corrected chi connectivity index (χ4v) is 2.12. The van der Waals surface area contributed by atoms with Gasteiger partial charge in [0.1, 0.15) is 5.69 Å². The summed E-state index contributed by atoms with van der Waals surface area (Å²) in [5, 5.41) is 26.3. The first-order chi connectivity index (χ1) is 12.2. The molecule has 3 heterocycles. The average Bonchev–Trinajstić information content (AvgIpc) is 3.04. The number of aliphatic hydroxyl groups excluding tert-OH is 2. The summed E-state index contributed by atoms with van der Waals surface area (Å²) in [7, 11) is 0. The molecule has 2 atom stereocenters. The lowest BCUT2D eigenvalue weighted by molar-refractivity contribution is -0.142. The third-order valence-corrected chi connectivity index (χ3v) is 3.43. The van der Waals surface area contributed by atoms with Gasteiger partial charge in [0.15, 0.2) is 0 Å². The number of alkyl halides is 3. The molecule has 0 aromatic carbocycles. The SMILES string of the molecule is Cc1nnc(N2CCC(O)C(O)C2)o1.FOc1cccc(C(F)(F)F)n1. The molecule has 2 aromatic rings. The summed E-state index contributed by atoms with van der Waals surface area (Å²) >= 11 is 0. The van der Waals surface area contributed by atoms with Crippen molar-refractivity contribution in [3.8, 4) is 5.88 Å². The van der Waals surface area contributed by atoms with Crippen LogP contribution in [0, 0.1) is 6.92 Å². The average molecular weight is 380 g/mol. The van der Waals surface area contributed by atoms with Crippen LogP contribution in [0.2, 0.25) is 0 Å². The minimum absolute atomic E-state index is 0.336. The summed E-state index contributed by atoms with van der Waals surface area (Å²) < 4.78 is 52.2. The largest absolute Gasteiger partial charge is 0.433 e. The standard InChI is InChI=1S/C8H13N3O3.C6H3F4NO/c1-5-9-10-8(14-5)11-3-2-6(12)7(13)4-11;7-6(8,9)4-2-1-3-5(11-4)12-10/h6-7,12-13H,2-4H2,1H3;1-3H. The van der Waals surface area contributed by atoms with Gasteiger partial charge >= 0.3 is 12.2 Å². The molecular weight excluding hydrogens is 364 g/mol. The first kappa shape index (κ1) is 19.8. The summed E-state index contributed by atoms with van der Waals surface area (Å²) in [6.07, 6.45) is -5.44. The van der Waals surface area contributed by atoms with E-state index in [9.17, 15) is 27.9 Å². The summed E-state index contributed by atoms with van der Waals surface area (Å²) in [6, 6.07) is 3.12. The topological polar surface area (TPSA) is 105 Å². The molecule has 0 bridgehead atoms. The van der Waals surface area contributed by atoms with Crippen LogP contribution in [0.3, 0.4) is 0 Å². The molecule has 12 heteroatoms. The number of aliphatic hydroxyl groups is 2. The molecule has 0 aliphatic carbocycles. The van der Waals surface area contributed by atoms with Crippen molar-refractivity contribution in [3.05, 3.63) is 29.8 Å². The van der Waals surface area contributed by atoms with Crippen molar-refractivity contribution in [2.45, 2.75) is 31.7 Å². The van der Waals surface area contributed by atoms with Crippen LogP contribution in [0.4, 0.5) is 23.7 Å². The van der Waals surface area contributed by atoms with E-state index in [0.29, 0.717) is 31.4 Å². The van der Waals surface area contributed by atoms with Gasteiger partial charge in [0, 0.05) is 24.1 Å². The lowest BCUT2D eigenvalue weighted by Crippen LogP contribution is -2.46. The summed E-state index contributed by atoms with van der Waals surface area (Å²) in [5.41, 5.74) is -1.18. The molecule has 2 aromatic heterocycles. The van der Waals surface area contributed by atoms with Crippen molar-refractivity contribution in [2.24, 2.45) is 0 Å². The van der Waals surface area contributed by atoms with Crippen molar-refractivity contribution < 1.29 is 37.3 Å². The summed E-state index contributed by atoms with van der Waals surface area (Å²) in [4.78, 5) is 7.65. The van der Waals surface area contributed by atoms with E-state index >= 15 is 0 Å². The van der Waals surface area contributed by atoms with Crippen LogP contribution in [-0.2, 0) is 6.18 Å². The molecule has 2 unspecified atom stereocenters. The summed E-state index contributed by atoms with van der Waals surface area (Å²) in [6.45, 7) is 2.67. The van der Waals surface area contributed by atoms with Crippen LogP contribution in [0.25, 0.3) is 0 Å². The van der Waals surface area contributed by atoms with Crippen LogP contribution in [0.15, 0.2) is 22.6 Å². The third-order valence-electron chi connectivity index (χ3n) is 3.43. The van der Waals surface area contributed by atoms with E-state index < -0.39 is 30.0 Å². The molecule has 144 valence electrons. The van der Waals surface area contributed by atoms with E-state index in [2.05, 4.69) is 20.1 Å². The van der Waals surface area contributed by atoms with Crippen LogP contribution >= 0.6 is 0 Å². The van der Waals surface area contributed by atoms with Gasteiger partial charge in [-0.2, -0.15) is 13.2 Å². The number of halogens is 4. The Balaban J connectivity index is 0.000000190. The zero-order valence-electron chi connectivity index (χ0n) is 13.5. The normalized spacial score (nSPS) is 20.3. The first-order valence-corrected chi connectivity index (χ1v) is 7.44. The monoisotopic (exact) mass is 380 g/mol. The highest BCUT2D eigenvalue weighted by Crippen LogP contribution is 2.28. The Hall–Kier alpha value is -2.47. The van der Waals surface area contributed by atoms with Crippen LogP contribution in [0.1, 0.15) is 18.0 Å². The number of aromatic nitrogens is 3. The minimum atomic E-state index is -4.57. The molecule has 0 amide bonds. The van der Waals surface area contributed by atoms with Gasteiger partial charge < -0.3 is 19.5 Å². The molecule has 0 saturated carbocycles. The van der Waals surface area contributed by atoms with Gasteiger partial charge in [0.2, 0.25) is 5.89 Å². The molecule has 2 N–H and O–H groups in total. The predicted octanol–water partition coefficient (Wildman–Crippen LogP) is 1.67. The van der Waals surface area contributed by atoms with Gasteiger partial charge in [0.25, 0.3) is 5.88 Å². The van der Waals surface area contributed by atoms with E-state index in [4.69, 9.17) is 4.42 Å². The third kappa shape index (κ3) is 5.26. The Labute approximate surface area is 144 Å². The molecule has 1 fully saturated rings. The molecule has 1 aliphatic heterocycles. The lowest BCUT2D eigenvalue weighted by Gasteiger charge is -2.31. The van der Waals surface area contributed by atoms with Crippen molar-refractivity contribution in [2.75, 3.05) is 18.0 Å². The zero-order chi connectivity index (χ0) is 19.3. The number of pyridine rings is 1. The molecular formula is C14H16F4N4O4. The lowest BCUT2D eigenvalue weighted by atomic mass is 10.1. The van der Waals surface area contributed by atoms with E-state index in [1.54, 1.807) is 11.8 Å². The quantitative estimate of drug-likeness (QED) is 0.759. The highest BCUT2D eigenvalue weighted by atomic mass is 19.4. The Morgan fingerprint density at radius 3 is 2.50 bits per heavy atom. The van der Waals surface area contributed by atoms with Gasteiger partial charge in [0.05, 0.1) is 18.8 Å². The van der Waals surface area contributed by atoms with E-state index in [1.165, 1.54) is 0 Å². The van der Waals surface area contributed by atoms with Crippen molar-refractivity contribution in [1.82, 2.24) is 15.2 Å². The fraction of sp³-hybridized carbons (Fsp3) is 0.500. The van der Waals surface area contributed by atoms with Crippen molar-refractivity contribution in [1.29, 1.82) is 0 Å². The van der Waals surface area contributed by atoms with Crippen LogP contribution in [0.5, 0.6) is 5.88 Å². The highest BCUT2D eigenvalue weighted by molar-refractivity contribution is 5.25. The number of rotatable bonds is 2. The Morgan fingerprint density at radius 2 is 1.96 bits per heavy atom. The number of anilines is 1. The molecule has 1 saturated heterocycles. The smallest absolute Gasteiger partial charge is 0.408 e. The number of hydrogen-bond acceptors (Lipinski definition) is 8. The van der Waals surface area contributed by atoms with Crippen LogP contribution in [-0.4, -0.2) is 50.7 Å². The van der Waals surface area contributed by atoms with Gasteiger partial charge in [-0.25, -0.2) is 4.98 Å². The molecule has 3 rings (SSSR count). The van der Waals surface area contributed by atoms with Crippen molar-refractivity contribution >= 4 is 6.01 Å². The maximum absolute atomic E-state index is 11.9. The maximum Gasteiger partial charge on any atom is 0.433 e. The number of nitrogens with zero attached hydrogens (tertiary/aromatic N) is 4. The number of piperidine rings is 1. The van der Waals surface area contributed by atoms with E-state index in [1.807, 2.05) is 0 Å². The van der Waals surface area contributed by atoms with Gasteiger partial charge in [-0.15, -0.1) is 5.10 Å². The van der Waals surface area contributed by atoms with Crippen molar-refractivity contribution in [3.63, 3.8) is 0 Å².